The summed E-state index contributed by atoms with van der Waals surface area (Å²) in [6.07, 6.45) is 0. The summed E-state index contributed by atoms with van der Waals surface area (Å²) in [5.41, 5.74) is 10.3. The zero-order valence-electron chi connectivity index (χ0n) is 25.8. The highest BCUT2D eigenvalue weighted by molar-refractivity contribution is 5.61. The van der Waals surface area contributed by atoms with Gasteiger partial charge in [-0.05, 0) is 132 Å². The van der Waals surface area contributed by atoms with Crippen LogP contribution in [0, 0.1) is 20.8 Å². The van der Waals surface area contributed by atoms with Crippen molar-refractivity contribution in [3.8, 4) is 0 Å². The first-order valence-corrected chi connectivity index (χ1v) is 14.3. The SMILES string of the molecule is [2H]C(c1ccc(N(CC)CC)cc1C)(c1ccc(N(CC)CC)cc1C)c1ccc(N(CC)CC)cc1C. The van der Waals surface area contributed by atoms with Crippen LogP contribution in [0.4, 0.5) is 17.1 Å². The molecule has 200 valence electrons. The summed E-state index contributed by atoms with van der Waals surface area (Å²) in [6, 6.07) is 20.0. The molecule has 0 aromatic heterocycles. The first-order valence-electron chi connectivity index (χ1n) is 14.8. The highest BCUT2D eigenvalue weighted by atomic mass is 15.1. The average Bonchev–Trinajstić information content (AvgIpc) is 2.90. The van der Waals surface area contributed by atoms with Gasteiger partial charge in [0, 0.05) is 63.6 Å². The maximum atomic E-state index is 10.3. The van der Waals surface area contributed by atoms with Gasteiger partial charge in [-0.15, -0.1) is 0 Å². The summed E-state index contributed by atoms with van der Waals surface area (Å²) >= 11 is 0. The molecule has 0 bridgehead atoms. The molecule has 3 rings (SSSR count). The molecule has 0 N–H and O–H groups in total. The second-order valence-corrected chi connectivity index (χ2v) is 9.89. The van der Waals surface area contributed by atoms with Gasteiger partial charge >= 0.3 is 0 Å². The van der Waals surface area contributed by atoms with Crippen molar-refractivity contribution < 1.29 is 1.37 Å². The van der Waals surface area contributed by atoms with Gasteiger partial charge in [0.15, 0.2) is 0 Å². The summed E-state index contributed by atoms with van der Waals surface area (Å²) in [7, 11) is 0. The van der Waals surface area contributed by atoms with Crippen LogP contribution in [0.25, 0.3) is 0 Å². The topological polar surface area (TPSA) is 9.72 Å². The highest BCUT2D eigenvalue weighted by Crippen LogP contribution is 2.40. The van der Waals surface area contributed by atoms with Crippen LogP contribution in [0.1, 0.15) is 82.2 Å². The molecule has 0 aliphatic heterocycles. The molecule has 3 aromatic carbocycles. The van der Waals surface area contributed by atoms with Crippen LogP contribution in [0.2, 0.25) is 0 Å². The third-order valence-electron chi connectivity index (χ3n) is 7.82. The number of hydrogen-bond acceptors (Lipinski definition) is 3. The Morgan fingerprint density at radius 1 is 0.486 bits per heavy atom. The van der Waals surface area contributed by atoms with E-state index in [1.807, 2.05) is 0 Å². The van der Waals surface area contributed by atoms with Crippen molar-refractivity contribution in [2.24, 2.45) is 0 Å². The van der Waals surface area contributed by atoms with E-state index < -0.39 is 5.89 Å². The van der Waals surface area contributed by atoms with Crippen molar-refractivity contribution >= 4 is 17.1 Å². The van der Waals surface area contributed by atoms with Gasteiger partial charge in [0.2, 0.25) is 0 Å². The minimum Gasteiger partial charge on any atom is -0.372 e. The fourth-order valence-electron chi connectivity index (χ4n) is 5.58. The first-order chi connectivity index (χ1) is 18.2. The van der Waals surface area contributed by atoms with Gasteiger partial charge in [0.25, 0.3) is 0 Å². The second-order valence-electron chi connectivity index (χ2n) is 9.89. The van der Waals surface area contributed by atoms with Gasteiger partial charge in [-0.2, -0.15) is 0 Å². The molecule has 3 nitrogen and oxygen atoms in total. The summed E-state index contributed by atoms with van der Waals surface area (Å²) in [5.74, 6) is -1.02. The van der Waals surface area contributed by atoms with Crippen LogP contribution in [0.15, 0.2) is 54.6 Å². The van der Waals surface area contributed by atoms with E-state index in [0.717, 1.165) is 72.6 Å². The largest absolute Gasteiger partial charge is 0.372 e. The third kappa shape index (κ3) is 6.14. The molecule has 0 amide bonds. The van der Waals surface area contributed by atoms with Crippen molar-refractivity contribution in [2.45, 2.75) is 68.2 Å². The highest BCUT2D eigenvalue weighted by Gasteiger charge is 2.24. The van der Waals surface area contributed by atoms with Crippen LogP contribution in [0.3, 0.4) is 0 Å². The van der Waals surface area contributed by atoms with E-state index in [-0.39, 0.29) is 0 Å². The number of hydrogen-bond donors (Lipinski definition) is 0. The molecule has 0 unspecified atom stereocenters. The quantitative estimate of drug-likeness (QED) is 0.231. The Morgan fingerprint density at radius 3 is 0.919 bits per heavy atom. The standard InChI is InChI=1S/C34H49N3/c1-10-35(11-2)28-16-19-31(25(7)22-28)34(32-20-17-29(23-26(32)8)36(12-3)13-4)33-21-18-30(24-27(33)9)37(14-5)15-6/h16-24,34H,10-15H2,1-9H3/i34D. The van der Waals surface area contributed by atoms with Crippen molar-refractivity contribution in [1.82, 2.24) is 0 Å². The molecule has 0 spiro atoms. The molecule has 0 saturated carbocycles. The summed E-state index contributed by atoms with van der Waals surface area (Å²) < 4.78 is 10.3. The molecule has 0 aliphatic carbocycles. The molecular weight excluding hydrogens is 450 g/mol. The number of benzene rings is 3. The normalized spacial score (nSPS) is 11.9. The lowest BCUT2D eigenvalue weighted by Gasteiger charge is -2.29. The number of nitrogens with zero attached hydrogens (tertiary/aromatic N) is 3. The van der Waals surface area contributed by atoms with E-state index in [2.05, 4.69) is 132 Å². The van der Waals surface area contributed by atoms with Crippen LogP contribution in [0.5, 0.6) is 0 Å². The minimum atomic E-state index is -1.02. The minimum absolute atomic E-state index is 0.971. The molecule has 0 atom stereocenters. The first kappa shape index (κ1) is 27.1. The van der Waals surface area contributed by atoms with Gasteiger partial charge in [0.05, 0.1) is 0 Å². The van der Waals surface area contributed by atoms with Gasteiger partial charge in [-0.3, -0.25) is 0 Å². The van der Waals surface area contributed by atoms with Crippen LogP contribution in [-0.2, 0) is 0 Å². The predicted molar refractivity (Wildman–Crippen MR) is 165 cm³/mol. The Morgan fingerprint density at radius 2 is 0.730 bits per heavy atom. The van der Waals surface area contributed by atoms with Gasteiger partial charge < -0.3 is 14.7 Å². The van der Waals surface area contributed by atoms with Crippen LogP contribution < -0.4 is 14.7 Å². The van der Waals surface area contributed by atoms with E-state index in [1.54, 1.807) is 0 Å². The summed E-state index contributed by atoms with van der Waals surface area (Å²) in [4.78, 5) is 7.12. The second kappa shape index (κ2) is 13.0. The van der Waals surface area contributed by atoms with Gasteiger partial charge in [-0.25, -0.2) is 0 Å². The lowest BCUT2D eigenvalue weighted by Crippen LogP contribution is -2.23. The Kier molecular flexibility index (Phi) is 9.55. The predicted octanol–water partition coefficient (Wildman–Crippen LogP) is 8.33. The number of aryl methyl sites for hydroxylation is 3. The van der Waals surface area contributed by atoms with Crippen LogP contribution >= 0.6 is 0 Å². The zero-order chi connectivity index (χ0) is 28.0. The molecule has 3 aromatic rings. The molecule has 0 heterocycles. The molecule has 0 fully saturated rings. The molecule has 0 aliphatic rings. The average molecular weight is 501 g/mol. The van der Waals surface area contributed by atoms with Crippen LogP contribution in [-0.4, -0.2) is 39.3 Å². The Hall–Kier alpha value is -2.94. The Balaban J connectivity index is 2.28. The summed E-state index contributed by atoms with van der Waals surface area (Å²) in [5, 5.41) is 0. The summed E-state index contributed by atoms with van der Waals surface area (Å²) in [6.45, 7) is 25.5. The van der Waals surface area contributed by atoms with Crippen molar-refractivity contribution in [2.75, 3.05) is 54.0 Å². The molecule has 3 heteroatoms. The fourth-order valence-corrected chi connectivity index (χ4v) is 5.58. The van der Waals surface area contributed by atoms with Crippen molar-refractivity contribution in [1.29, 1.82) is 0 Å². The fraction of sp³-hybridized carbons (Fsp3) is 0.471. The van der Waals surface area contributed by atoms with E-state index in [0.29, 0.717) is 0 Å². The maximum Gasteiger partial charge on any atom is 0.0453 e. The Labute approximate surface area is 228 Å². The maximum absolute atomic E-state index is 10.3. The Bertz CT molecular complexity index is 1060. The molecule has 37 heavy (non-hydrogen) atoms. The number of rotatable bonds is 12. The van der Waals surface area contributed by atoms with E-state index in [1.165, 1.54) is 17.1 Å². The third-order valence-corrected chi connectivity index (χ3v) is 7.82. The number of anilines is 3. The van der Waals surface area contributed by atoms with E-state index >= 15 is 0 Å². The van der Waals surface area contributed by atoms with Crippen molar-refractivity contribution in [3.63, 3.8) is 0 Å². The van der Waals surface area contributed by atoms with Gasteiger partial charge in [-0.1, -0.05) is 18.2 Å². The molecular formula is C34H49N3. The lowest BCUT2D eigenvalue weighted by atomic mass is 9.79. The van der Waals surface area contributed by atoms with Gasteiger partial charge in [0.1, 0.15) is 0 Å². The van der Waals surface area contributed by atoms with E-state index in [9.17, 15) is 1.37 Å². The zero-order valence-corrected chi connectivity index (χ0v) is 24.8. The van der Waals surface area contributed by atoms with Crippen molar-refractivity contribution in [3.05, 3.63) is 88.0 Å². The smallest absolute Gasteiger partial charge is 0.0453 e. The lowest BCUT2D eigenvalue weighted by molar-refractivity contribution is 0.856. The molecule has 0 radical (unpaired) electrons. The monoisotopic (exact) mass is 500 g/mol. The molecule has 0 saturated heterocycles. The van der Waals surface area contributed by atoms with E-state index in [4.69, 9.17) is 0 Å².